The van der Waals surface area contributed by atoms with Crippen molar-refractivity contribution in [3.05, 3.63) is 60.4 Å². The standard InChI is InChI=1S/C27H36N4O/c32-26(29-23-11-5-15-28-18-23)14-4-13-25-24-12-7-17-30-16-6-10-22(27(24)30)20-31(25)19-21-8-2-1-3-9-21/h1-3,5,8-9,11,15,18,22,24-25,27H,4,6-7,10,12-14,16-17,19-20H2,(H,29,32)/t22-,24+,25+,27-/m0/s1. The lowest BCUT2D eigenvalue weighted by molar-refractivity contribution is -0.116. The maximum Gasteiger partial charge on any atom is 0.224 e. The molecule has 5 heteroatoms. The lowest BCUT2D eigenvalue weighted by Gasteiger charge is -2.57. The number of hydrogen-bond donors (Lipinski definition) is 1. The molecule has 3 saturated heterocycles. The van der Waals surface area contributed by atoms with Crippen LogP contribution in [-0.4, -0.2) is 52.4 Å². The van der Waals surface area contributed by atoms with Gasteiger partial charge in [-0.1, -0.05) is 30.3 Å². The van der Waals surface area contributed by atoms with Crippen molar-refractivity contribution in [1.82, 2.24) is 14.8 Å². The zero-order valence-electron chi connectivity index (χ0n) is 19.0. The summed E-state index contributed by atoms with van der Waals surface area (Å²) in [5, 5.41) is 3.00. The highest BCUT2D eigenvalue weighted by molar-refractivity contribution is 5.90. The Hall–Kier alpha value is -2.24. The molecule has 4 heterocycles. The molecule has 3 fully saturated rings. The van der Waals surface area contributed by atoms with E-state index in [0.29, 0.717) is 12.5 Å². The van der Waals surface area contributed by atoms with Gasteiger partial charge in [0.2, 0.25) is 5.91 Å². The van der Waals surface area contributed by atoms with Crippen LogP contribution in [-0.2, 0) is 11.3 Å². The summed E-state index contributed by atoms with van der Waals surface area (Å²) in [6.07, 6.45) is 11.5. The van der Waals surface area contributed by atoms with Crippen LogP contribution in [0.2, 0.25) is 0 Å². The molecule has 4 atom stereocenters. The molecule has 1 N–H and O–H groups in total. The monoisotopic (exact) mass is 432 g/mol. The summed E-state index contributed by atoms with van der Waals surface area (Å²) < 4.78 is 0. The zero-order valence-corrected chi connectivity index (χ0v) is 19.0. The van der Waals surface area contributed by atoms with E-state index in [1.807, 2.05) is 12.1 Å². The fourth-order valence-corrected chi connectivity index (χ4v) is 6.61. The summed E-state index contributed by atoms with van der Waals surface area (Å²) in [7, 11) is 0. The molecule has 5 rings (SSSR count). The van der Waals surface area contributed by atoms with Crippen LogP contribution < -0.4 is 5.32 Å². The molecular formula is C27H36N4O. The van der Waals surface area contributed by atoms with Gasteiger partial charge in [-0.15, -0.1) is 0 Å². The molecule has 2 aromatic rings. The minimum Gasteiger partial charge on any atom is -0.325 e. The Morgan fingerprint density at radius 2 is 1.91 bits per heavy atom. The number of likely N-dealkylation sites (tertiary alicyclic amines) is 1. The van der Waals surface area contributed by atoms with Crippen molar-refractivity contribution in [2.45, 2.75) is 63.6 Å². The fraction of sp³-hybridized carbons (Fsp3) is 0.556. The van der Waals surface area contributed by atoms with Crippen molar-refractivity contribution in [3.63, 3.8) is 0 Å². The number of carbonyl (C=O) groups is 1. The Morgan fingerprint density at radius 1 is 1.06 bits per heavy atom. The highest BCUT2D eigenvalue weighted by Gasteiger charge is 2.48. The van der Waals surface area contributed by atoms with Crippen LogP contribution in [0.25, 0.3) is 0 Å². The number of hydrogen-bond acceptors (Lipinski definition) is 4. The largest absolute Gasteiger partial charge is 0.325 e. The van der Waals surface area contributed by atoms with E-state index >= 15 is 0 Å². The molecule has 0 aliphatic carbocycles. The average Bonchev–Trinajstić information content (AvgIpc) is 2.82. The maximum absolute atomic E-state index is 12.5. The van der Waals surface area contributed by atoms with E-state index in [2.05, 4.69) is 50.4 Å². The third-order valence-electron chi connectivity index (χ3n) is 7.86. The molecule has 3 aliphatic heterocycles. The molecule has 3 aliphatic rings. The fourth-order valence-electron chi connectivity index (χ4n) is 6.61. The number of rotatable bonds is 7. The Balaban J connectivity index is 1.26. The second kappa shape index (κ2) is 10.1. The number of benzene rings is 1. The van der Waals surface area contributed by atoms with Crippen molar-refractivity contribution in [3.8, 4) is 0 Å². The zero-order chi connectivity index (χ0) is 21.8. The SMILES string of the molecule is O=C(CCC[C@@H]1[C@H]2CCCN3CCC[C@@H](CN1Cc1ccccc1)[C@@H]23)Nc1cccnc1. The summed E-state index contributed by atoms with van der Waals surface area (Å²) in [5.74, 6) is 1.65. The van der Waals surface area contributed by atoms with Crippen LogP contribution in [0.15, 0.2) is 54.9 Å². The number of nitrogens with zero attached hydrogens (tertiary/aromatic N) is 3. The van der Waals surface area contributed by atoms with E-state index in [1.165, 1.54) is 50.9 Å². The minimum atomic E-state index is 0.101. The molecule has 0 bridgehead atoms. The quantitative estimate of drug-likeness (QED) is 0.697. The number of nitrogens with one attached hydrogen (secondary N) is 1. The van der Waals surface area contributed by atoms with E-state index in [1.54, 1.807) is 12.4 Å². The third kappa shape index (κ3) is 4.89. The third-order valence-corrected chi connectivity index (χ3v) is 7.86. The van der Waals surface area contributed by atoms with E-state index in [4.69, 9.17) is 0 Å². The molecule has 1 aromatic heterocycles. The summed E-state index contributed by atoms with van der Waals surface area (Å²) in [4.78, 5) is 22.2. The number of amides is 1. The Bertz CT molecular complexity index is 872. The molecule has 5 nitrogen and oxygen atoms in total. The topological polar surface area (TPSA) is 48.5 Å². The van der Waals surface area contributed by atoms with Crippen LogP contribution in [0.1, 0.15) is 50.5 Å². The number of carbonyl (C=O) groups excluding carboxylic acids is 1. The number of anilines is 1. The molecule has 0 unspecified atom stereocenters. The van der Waals surface area contributed by atoms with Crippen LogP contribution in [0.3, 0.4) is 0 Å². The highest BCUT2D eigenvalue weighted by Crippen LogP contribution is 2.43. The van der Waals surface area contributed by atoms with Crippen molar-refractivity contribution in [1.29, 1.82) is 0 Å². The second-order valence-corrected chi connectivity index (χ2v) is 9.90. The van der Waals surface area contributed by atoms with Crippen LogP contribution >= 0.6 is 0 Å². The first-order valence-electron chi connectivity index (χ1n) is 12.5. The van der Waals surface area contributed by atoms with E-state index in [-0.39, 0.29) is 5.91 Å². The predicted octanol–water partition coefficient (Wildman–Crippen LogP) is 4.57. The molecule has 0 radical (unpaired) electrons. The van der Waals surface area contributed by atoms with Crippen molar-refractivity contribution >= 4 is 11.6 Å². The Labute approximate surface area is 192 Å². The van der Waals surface area contributed by atoms with Gasteiger partial charge in [-0.2, -0.15) is 0 Å². The van der Waals surface area contributed by atoms with E-state index < -0.39 is 0 Å². The van der Waals surface area contributed by atoms with Gasteiger partial charge < -0.3 is 5.32 Å². The Morgan fingerprint density at radius 3 is 2.72 bits per heavy atom. The van der Waals surface area contributed by atoms with Gasteiger partial charge in [0.1, 0.15) is 0 Å². The lowest BCUT2D eigenvalue weighted by Crippen LogP contribution is -2.64. The summed E-state index contributed by atoms with van der Waals surface area (Å²) in [6.45, 7) is 4.82. The molecule has 170 valence electrons. The first-order valence-corrected chi connectivity index (χ1v) is 12.5. The predicted molar refractivity (Wildman–Crippen MR) is 128 cm³/mol. The molecule has 0 saturated carbocycles. The number of piperidine rings is 3. The average molecular weight is 433 g/mol. The van der Waals surface area contributed by atoms with Gasteiger partial charge in [-0.25, -0.2) is 0 Å². The van der Waals surface area contributed by atoms with E-state index in [0.717, 1.165) is 43.0 Å². The van der Waals surface area contributed by atoms with Crippen molar-refractivity contribution in [2.75, 3.05) is 25.0 Å². The normalized spacial score (nSPS) is 28.1. The van der Waals surface area contributed by atoms with Crippen molar-refractivity contribution in [2.24, 2.45) is 11.8 Å². The van der Waals surface area contributed by atoms with Crippen LogP contribution in [0.5, 0.6) is 0 Å². The maximum atomic E-state index is 12.5. The lowest BCUT2D eigenvalue weighted by atomic mass is 9.69. The smallest absolute Gasteiger partial charge is 0.224 e. The number of aromatic nitrogens is 1. The summed E-state index contributed by atoms with van der Waals surface area (Å²) >= 11 is 0. The highest BCUT2D eigenvalue weighted by atomic mass is 16.1. The van der Waals surface area contributed by atoms with Gasteiger partial charge in [-0.05, 0) is 81.1 Å². The Kier molecular flexibility index (Phi) is 6.84. The van der Waals surface area contributed by atoms with Gasteiger partial charge in [0.15, 0.2) is 0 Å². The summed E-state index contributed by atoms with van der Waals surface area (Å²) in [5.41, 5.74) is 2.20. The van der Waals surface area contributed by atoms with Gasteiger partial charge in [-0.3, -0.25) is 19.6 Å². The van der Waals surface area contributed by atoms with Crippen LogP contribution in [0, 0.1) is 11.8 Å². The molecular weight excluding hydrogens is 396 g/mol. The van der Waals surface area contributed by atoms with Crippen molar-refractivity contribution < 1.29 is 4.79 Å². The van der Waals surface area contributed by atoms with Gasteiger partial charge in [0.25, 0.3) is 0 Å². The minimum absolute atomic E-state index is 0.101. The molecule has 0 spiro atoms. The van der Waals surface area contributed by atoms with Crippen LogP contribution in [0.4, 0.5) is 5.69 Å². The molecule has 1 amide bonds. The van der Waals surface area contributed by atoms with Gasteiger partial charge in [0, 0.05) is 37.8 Å². The van der Waals surface area contributed by atoms with Gasteiger partial charge >= 0.3 is 0 Å². The van der Waals surface area contributed by atoms with Gasteiger partial charge in [0.05, 0.1) is 11.9 Å². The van der Waals surface area contributed by atoms with E-state index in [9.17, 15) is 4.79 Å². The number of pyridine rings is 1. The first-order chi connectivity index (χ1) is 15.8. The first kappa shape index (κ1) is 21.6. The molecule has 32 heavy (non-hydrogen) atoms. The molecule has 1 aromatic carbocycles. The summed E-state index contributed by atoms with van der Waals surface area (Å²) in [6, 6.07) is 16.0. The second-order valence-electron chi connectivity index (χ2n) is 9.90.